The fourth-order valence-corrected chi connectivity index (χ4v) is 5.72. The number of nitrogens with one attached hydrogen (secondary N) is 2. The van der Waals surface area contributed by atoms with Crippen LogP contribution in [0, 0.1) is 6.92 Å². The molecule has 1 fully saturated rings. The van der Waals surface area contributed by atoms with Gasteiger partial charge in [-0.3, -0.25) is 9.78 Å². The molecule has 2 aromatic heterocycles. The number of allylic oxidation sites excluding steroid dienone is 1. The molecule has 0 radical (unpaired) electrons. The van der Waals surface area contributed by atoms with Crippen LogP contribution in [0.5, 0.6) is 5.75 Å². The van der Waals surface area contributed by atoms with Gasteiger partial charge in [-0.05, 0) is 42.4 Å². The smallest absolute Gasteiger partial charge is 0.261 e. The monoisotopic (exact) mass is 430 g/mol. The predicted octanol–water partition coefficient (Wildman–Crippen LogP) is 3.58. The number of halogens is 1. The number of pyridine rings is 2. The second-order valence-electron chi connectivity index (χ2n) is 7.00. The number of ether oxygens (including phenoxy) is 1. The van der Waals surface area contributed by atoms with Crippen molar-refractivity contribution in [3.05, 3.63) is 64.4 Å². The number of dihydropyridines is 1. The second kappa shape index (κ2) is 8.47. The van der Waals surface area contributed by atoms with Crippen molar-refractivity contribution < 1.29 is 9.53 Å². The van der Waals surface area contributed by atoms with E-state index in [0.717, 1.165) is 41.3 Å². The van der Waals surface area contributed by atoms with Gasteiger partial charge in [-0.2, -0.15) is 11.1 Å². The number of methoxy groups -OCH3 is 1. The Morgan fingerprint density at radius 1 is 1.24 bits per heavy atom. The number of rotatable bonds is 4. The Kier molecular flexibility index (Phi) is 5.78. The summed E-state index contributed by atoms with van der Waals surface area (Å²) in [4.78, 5) is 21.6. The Morgan fingerprint density at radius 2 is 2.10 bits per heavy atom. The van der Waals surface area contributed by atoms with Gasteiger partial charge in [0.25, 0.3) is 5.91 Å². The number of aryl methyl sites for hydroxylation is 1. The molecule has 0 aliphatic carbocycles. The van der Waals surface area contributed by atoms with Crippen molar-refractivity contribution in [3.63, 3.8) is 0 Å². The predicted molar refractivity (Wildman–Crippen MR) is 119 cm³/mol. The van der Waals surface area contributed by atoms with E-state index in [0.29, 0.717) is 16.5 Å². The van der Waals surface area contributed by atoms with Crippen LogP contribution in [-0.4, -0.2) is 41.0 Å². The highest BCUT2D eigenvalue weighted by Gasteiger charge is 2.23. The SMILES string of the molecule is COc1cnc(Cl)cc1-c1cc(C)ncc1C(=O)N[SH]1CCC2=CCNC=C2C1. The van der Waals surface area contributed by atoms with Crippen LogP contribution in [0.25, 0.3) is 11.1 Å². The van der Waals surface area contributed by atoms with Gasteiger partial charge in [0.2, 0.25) is 0 Å². The average molecular weight is 431 g/mol. The third-order valence-electron chi connectivity index (χ3n) is 5.06. The molecule has 0 saturated carbocycles. The molecule has 4 rings (SSSR count). The molecule has 0 spiro atoms. The number of aromatic nitrogens is 2. The topological polar surface area (TPSA) is 76.1 Å². The lowest BCUT2D eigenvalue weighted by molar-refractivity contribution is 0.0984. The Hall–Kier alpha value is -2.51. The molecule has 6 nitrogen and oxygen atoms in total. The van der Waals surface area contributed by atoms with Gasteiger partial charge >= 0.3 is 0 Å². The minimum Gasteiger partial charge on any atom is -0.494 e. The maximum atomic E-state index is 13.2. The van der Waals surface area contributed by atoms with Crippen LogP contribution in [-0.2, 0) is 0 Å². The molecule has 1 unspecified atom stereocenters. The summed E-state index contributed by atoms with van der Waals surface area (Å²) in [5, 5.41) is 3.60. The van der Waals surface area contributed by atoms with Crippen LogP contribution < -0.4 is 14.8 Å². The number of thiol groups is 1. The standard InChI is InChI=1S/C21H23ClN4O2S/c1-13-7-16(17-8-20(22)25-11-19(17)28-2)18(10-24-13)21(27)26-29-6-4-14-3-5-23-9-15(14)12-29/h3,7-11,23,29H,4-6,12H2,1-2H3,(H,26,27). The van der Waals surface area contributed by atoms with Crippen LogP contribution in [0.3, 0.4) is 0 Å². The molecule has 1 amide bonds. The first-order valence-electron chi connectivity index (χ1n) is 9.39. The molecule has 152 valence electrons. The van der Waals surface area contributed by atoms with Gasteiger partial charge in [0.1, 0.15) is 10.9 Å². The lowest BCUT2D eigenvalue weighted by atomic mass is 10.0. The fraction of sp³-hybridized carbons (Fsp3) is 0.286. The molecule has 2 aromatic rings. The molecule has 2 N–H and O–H groups in total. The zero-order chi connectivity index (χ0) is 20.4. The summed E-state index contributed by atoms with van der Waals surface area (Å²) in [6.45, 7) is 2.78. The van der Waals surface area contributed by atoms with Gasteiger partial charge in [-0.25, -0.2) is 4.98 Å². The largest absolute Gasteiger partial charge is 0.494 e. The normalized spacial score (nSPS) is 19.3. The molecule has 29 heavy (non-hydrogen) atoms. The maximum Gasteiger partial charge on any atom is 0.261 e. The van der Waals surface area contributed by atoms with Crippen LogP contribution in [0.15, 0.2) is 47.9 Å². The van der Waals surface area contributed by atoms with Gasteiger partial charge in [-0.1, -0.05) is 17.7 Å². The lowest BCUT2D eigenvalue weighted by Crippen LogP contribution is -2.28. The van der Waals surface area contributed by atoms with E-state index in [1.807, 2.05) is 13.0 Å². The Morgan fingerprint density at radius 3 is 2.93 bits per heavy atom. The quantitative estimate of drug-likeness (QED) is 0.510. The summed E-state index contributed by atoms with van der Waals surface area (Å²) >= 11 is 5.49. The highest BCUT2D eigenvalue weighted by molar-refractivity contribution is 8.16. The first-order chi connectivity index (χ1) is 14.0. The summed E-state index contributed by atoms with van der Waals surface area (Å²) < 4.78 is 8.70. The molecule has 0 bridgehead atoms. The average Bonchev–Trinajstić information content (AvgIpc) is 2.73. The van der Waals surface area contributed by atoms with E-state index in [-0.39, 0.29) is 5.91 Å². The van der Waals surface area contributed by atoms with Crippen molar-refractivity contribution in [1.82, 2.24) is 20.0 Å². The highest BCUT2D eigenvalue weighted by atomic mass is 35.5. The van der Waals surface area contributed by atoms with Crippen molar-refractivity contribution in [2.24, 2.45) is 0 Å². The van der Waals surface area contributed by atoms with Crippen molar-refractivity contribution >= 4 is 28.6 Å². The lowest BCUT2D eigenvalue weighted by Gasteiger charge is -2.32. The Labute approximate surface area is 177 Å². The van der Waals surface area contributed by atoms with E-state index in [1.54, 1.807) is 25.6 Å². The summed E-state index contributed by atoms with van der Waals surface area (Å²) in [6.07, 6.45) is 8.52. The molecule has 1 atom stereocenters. The number of carbonyl (C=O) groups excluding carboxylic acids is 1. The molecular formula is C21H23ClN4O2S. The first kappa shape index (κ1) is 19.8. The summed E-state index contributed by atoms with van der Waals surface area (Å²) in [5.41, 5.74) is 5.49. The van der Waals surface area contributed by atoms with Crippen LogP contribution in [0.1, 0.15) is 22.5 Å². The van der Waals surface area contributed by atoms with Crippen LogP contribution >= 0.6 is 22.7 Å². The van der Waals surface area contributed by atoms with Gasteiger partial charge in [0.15, 0.2) is 0 Å². The highest BCUT2D eigenvalue weighted by Crippen LogP contribution is 2.38. The van der Waals surface area contributed by atoms with Crippen LogP contribution in [0.4, 0.5) is 0 Å². The second-order valence-corrected chi connectivity index (χ2v) is 9.45. The number of nitrogens with zero attached hydrogens (tertiary/aromatic N) is 2. The van der Waals surface area contributed by atoms with Gasteiger partial charge in [0.05, 0.1) is 18.9 Å². The number of carbonyl (C=O) groups is 1. The Balaban J connectivity index is 1.62. The van der Waals surface area contributed by atoms with Gasteiger partial charge in [-0.15, -0.1) is 0 Å². The third-order valence-corrected chi connectivity index (χ3v) is 7.27. The molecule has 2 aliphatic rings. The molecule has 4 heterocycles. The minimum atomic E-state index is -0.631. The van der Waals surface area contributed by atoms with E-state index in [9.17, 15) is 4.79 Å². The van der Waals surface area contributed by atoms with Gasteiger partial charge < -0.3 is 14.8 Å². The third kappa shape index (κ3) is 4.26. The molecular weight excluding hydrogens is 408 g/mol. The Bertz CT molecular complexity index is 1020. The summed E-state index contributed by atoms with van der Waals surface area (Å²) in [6, 6.07) is 3.60. The molecule has 1 saturated heterocycles. The van der Waals surface area contributed by atoms with E-state index in [4.69, 9.17) is 16.3 Å². The molecule has 0 aromatic carbocycles. The van der Waals surface area contributed by atoms with Crippen molar-refractivity contribution in [2.45, 2.75) is 13.3 Å². The number of fused-ring (bicyclic) bond motifs is 1. The molecule has 8 heteroatoms. The minimum absolute atomic E-state index is 0.120. The van der Waals surface area contributed by atoms with E-state index >= 15 is 0 Å². The number of hydrogen-bond acceptors (Lipinski definition) is 5. The van der Waals surface area contributed by atoms with Gasteiger partial charge in [0, 0.05) is 41.5 Å². The molecule has 2 aliphatic heterocycles. The van der Waals surface area contributed by atoms with Crippen LogP contribution in [0.2, 0.25) is 5.15 Å². The zero-order valence-electron chi connectivity index (χ0n) is 16.3. The van der Waals surface area contributed by atoms with Crippen molar-refractivity contribution in [3.8, 4) is 16.9 Å². The zero-order valence-corrected chi connectivity index (χ0v) is 18.0. The van der Waals surface area contributed by atoms with E-state index in [1.165, 1.54) is 11.1 Å². The van der Waals surface area contributed by atoms with E-state index in [2.05, 4.69) is 32.3 Å². The first-order valence-corrected chi connectivity index (χ1v) is 11.5. The summed E-state index contributed by atoms with van der Waals surface area (Å²) in [7, 11) is 1.57. The van der Waals surface area contributed by atoms with Crippen molar-refractivity contribution in [2.75, 3.05) is 25.2 Å². The van der Waals surface area contributed by atoms with Crippen molar-refractivity contribution in [1.29, 1.82) is 0 Å². The van der Waals surface area contributed by atoms with E-state index < -0.39 is 11.1 Å². The number of hydrogen-bond donors (Lipinski definition) is 3. The summed E-state index contributed by atoms with van der Waals surface area (Å²) in [5.74, 6) is 2.32. The maximum absolute atomic E-state index is 13.2. The number of amides is 1. The fourth-order valence-electron chi connectivity index (χ4n) is 3.59.